The van der Waals surface area contributed by atoms with Crippen LogP contribution in [0.15, 0.2) is 12.2 Å². The topological polar surface area (TPSA) is 74.7 Å². The number of carbonyl (C=O) groups is 3. The van der Waals surface area contributed by atoms with Gasteiger partial charge in [-0.1, -0.05) is 0 Å². The predicted molar refractivity (Wildman–Crippen MR) is 52.0 cm³/mol. The van der Waals surface area contributed by atoms with Crippen LogP contribution in [-0.4, -0.2) is 34.1 Å². The van der Waals surface area contributed by atoms with Crippen molar-refractivity contribution in [1.29, 1.82) is 0 Å². The fourth-order valence-corrected chi connectivity index (χ4v) is 1.41. The van der Waals surface area contributed by atoms with Gasteiger partial charge in [0.15, 0.2) is 6.30 Å². The number of imide groups is 1. The first kappa shape index (κ1) is 12.4. The van der Waals surface area contributed by atoms with Crippen molar-refractivity contribution in [2.45, 2.75) is 32.0 Å². The van der Waals surface area contributed by atoms with Crippen LogP contribution < -0.4 is 0 Å². The molecular formula is C10H12FNO4. The summed E-state index contributed by atoms with van der Waals surface area (Å²) >= 11 is 0. The zero-order valence-electron chi connectivity index (χ0n) is 8.56. The molecule has 0 aromatic heterocycles. The Labute approximate surface area is 91.5 Å². The third kappa shape index (κ3) is 3.15. The number of carboxylic acids is 1. The summed E-state index contributed by atoms with van der Waals surface area (Å²) in [7, 11) is 0. The molecule has 2 amide bonds. The minimum atomic E-state index is -1.66. The first-order chi connectivity index (χ1) is 7.52. The number of carboxylic acid groups (broad SMARTS) is 1. The molecule has 1 aliphatic heterocycles. The van der Waals surface area contributed by atoms with Gasteiger partial charge in [-0.3, -0.25) is 14.4 Å². The van der Waals surface area contributed by atoms with Crippen LogP contribution in [-0.2, 0) is 14.4 Å². The first-order valence-electron chi connectivity index (χ1n) is 4.93. The van der Waals surface area contributed by atoms with Crippen molar-refractivity contribution in [3.63, 3.8) is 0 Å². The van der Waals surface area contributed by atoms with Crippen LogP contribution in [0.2, 0.25) is 0 Å². The Morgan fingerprint density at radius 1 is 1.31 bits per heavy atom. The number of hydrogen-bond acceptors (Lipinski definition) is 3. The molecule has 6 heteroatoms. The molecule has 0 spiro atoms. The van der Waals surface area contributed by atoms with Crippen LogP contribution in [0, 0.1) is 0 Å². The monoisotopic (exact) mass is 229 g/mol. The van der Waals surface area contributed by atoms with Gasteiger partial charge in [0.05, 0.1) is 0 Å². The molecule has 1 heterocycles. The predicted octanol–water partition coefficient (Wildman–Crippen LogP) is 0.852. The highest BCUT2D eigenvalue weighted by atomic mass is 19.1. The molecule has 0 saturated carbocycles. The van der Waals surface area contributed by atoms with Crippen LogP contribution in [0.1, 0.15) is 25.7 Å². The number of nitrogens with zero attached hydrogens (tertiary/aromatic N) is 1. The molecule has 0 bridgehead atoms. The molecule has 1 aliphatic rings. The van der Waals surface area contributed by atoms with Gasteiger partial charge in [-0.25, -0.2) is 9.29 Å². The van der Waals surface area contributed by atoms with Crippen LogP contribution in [0.25, 0.3) is 0 Å². The van der Waals surface area contributed by atoms with E-state index < -0.39 is 24.1 Å². The van der Waals surface area contributed by atoms with E-state index in [1.54, 1.807) is 0 Å². The summed E-state index contributed by atoms with van der Waals surface area (Å²) in [5, 5.41) is 8.35. The van der Waals surface area contributed by atoms with Crippen molar-refractivity contribution in [3.8, 4) is 0 Å². The number of alkyl halides is 1. The summed E-state index contributed by atoms with van der Waals surface area (Å²) in [4.78, 5) is 32.8. The van der Waals surface area contributed by atoms with E-state index in [0.29, 0.717) is 17.7 Å². The zero-order chi connectivity index (χ0) is 12.1. The lowest BCUT2D eigenvalue weighted by Crippen LogP contribution is -2.37. The Bertz CT molecular complexity index is 322. The van der Waals surface area contributed by atoms with E-state index in [1.807, 2.05) is 0 Å². The van der Waals surface area contributed by atoms with Crippen LogP contribution in [0.4, 0.5) is 4.39 Å². The SMILES string of the molecule is O=C(O)CCCCC(F)N1C(=O)C=CC1=O. The lowest BCUT2D eigenvalue weighted by Gasteiger charge is -2.18. The maximum Gasteiger partial charge on any atom is 0.303 e. The van der Waals surface area contributed by atoms with E-state index in [9.17, 15) is 18.8 Å². The number of amides is 2. The summed E-state index contributed by atoms with van der Waals surface area (Å²) in [6, 6.07) is 0. The van der Waals surface area contributed by atoms with Crippen LogP contribution in [0.5, 0.6) is 0 Å². The second-order valence-electron chi connectivity index (χ2n) is 3.45. The second kappa shape index (κ2) is 5.39. The van der Waals surface area contributed by atoms with Gasteiger partial charge >= 0.3 is 5.97 Å². The molecule has 1 N–H and O–H groups in total. The number of hydrogen-bond donors (Lipinski definition) is 1. The molecule has 0 aromatic carbocycles. The van der Waals surface area contributed by atoms with Gasteiger partial charge in [-0.15, -0.1) is 0 Å². The highest BCUT2D eigenvalue weighted by Gasteiger charge is 2.30. The lowest BCUT2D eigenvalue weighted by molar-refractivity contribution is -0.144. The van der Waals surface area contributed by atoms with E-state index in [2.05, 4.69) is 0 Å². The Balaban J connectivity index is 2.30. The summed E-state index contributed by atoms with van der Waals surface area (Å²) in [6.45, 7) is 0. The van der Waals surface area contributed by atoms with Gasteiger partial charge in [0, 0.05) is 18.6 Å². The normalized spacial score (nSPS) is 16.9. The Morgan fingerprint density at radius 2 is 1.88 bits per heavy atom. The maximum absolute atomic E-state index is 13.4. The first-order valence-corrected chi connectivity index (χ1v) is 4.93. The van der Waals surface area contributed by atoms with Crippen molar-refractivity contribution in [2.24, 2.45) is 0 Å². The summed E-state index contributed by atoms with van der Waals surface area (Å²) < 4.78 is 13.4. The summed E-state index contributed by atoms with van der Waals surface area (Å²) in [6.07, 6.45) is 0.977. The molecular weight excluding hydrogens is 217 g/mol. The van der Waals surface area contributed by atoms with Gasteiger partial charge in [0.25, 0.3) is 11.8 Å². The Hall–Kier alpha value is -1.72. The zero-order valence-corrected chi connectivity index (χ0v) is 8.56. The van der Waals surface area contributed by atoms with E-state index in [4.69, 9.17) is 5.11 Å². The lowest BCUT2D eigenvalue weighted by atomic mass is 10.2. The number of rotatable bonds is 6. The summed E-state index contributed by atoms with van der Waals surface area (Å²) in [5.74, 6) is -2.25. The third-order valence-corrected chi connectivity index (χ3v) is 2.21. The van der Waals surface area contributed by atoms with Crippen molar-refractivity contribution in [3.05, 3.63) is 12.2 Å². The summed E-state index contributed by atoms with van der Waals surface area (Å²) in [5.41, 5.74) is 0. The molecule has 5 nitrogen and oxygen atoms in total. The molecule has 0 saturated heterocycles. The molecule has 0 aliphatic carbocycles. The Kier molecular flexibility index (Phi) is 4.16. The van der Waals surface area contributed by atoms with E-state index >= 15 is 0 Å². The van der Waals surface area contributed by atoms with Crippen molar-refractivity contribution in [1.82, 2.24) is 4.90 Å². The molecule has 1 rings (SSSR count). The van der Waals surface area contributed by atoms with Crippen LogP contribution in [0.3, 0.4) is 0 Å². The van der Waals surface area contributed by atoms with Gasteiger partial charge in [-0.05, 0) is 19.3 Å². The molecule has 1 unspecified atom stereocenters. The minimum absolute atomic E-state index is 0.0214. The fourth-order valence-electron chi connectivity index (χ4n) is 1.41. The van der Waals surface area contributed by atoms with Gasteiger partial charge in [-0.2, -0.15) is 0 Å². The maximum atomic E-state index is 13.4. The minimum Gasteiger partial charge on any atom is -0.481 e. The molecule has 0 radical (unpaired) electrons. The Morgan fingerprint density at radius 3 is 2.38 bits per heavy atom. The highest BCUT2D eigenvalue weighted by Crippen LogP contribution is 2.16. The molecule has 0 aromatic rings. The fraction of sp³-hybridized carbons (Fsp3) is 0.500. The second-order valence-corrected chi connectivity index (χ2v) is 3.45. The van der Waals surface area contributed by atoms with Crippen molar-refractivity contribution in [2.75, 3.05) is 0 Å². The van der Waals surface area contributed by atoms with E-state index in [1.165, 1.54) is 0 Å². The molecule has 0 fully saturated rings. The van der Waals surface area contributed by atoms with E-state index in [0.717, 1.165) is 12.2 Å². The highest BCUT2D eigenvalue weighted by molar-refractivity contribution is 6.13. The molecule has 16 heavy (non-hydrogen) atoms. The van der Waals surface area contributed by atoms with Gasteiger partial charge in [0.2, 0.25) is 0 Å². The van der Waals surface area contributed by atoms with Crippen LogP contribution >= 0.6 is 0 Å². The standard InChI is InChI=1S/C10H12FNO4/c11-7(3-1-2-4-10(15)16)12-8(13)5-6-9(12)14/h5-7H,1-4H2,(H,15,16). The molecule has 1 atom stereocenters. The van der Waals surface area contributed by atoms with Gasteiger partial charge in [0.1, 0.15) is 0 Å². The largest absolute Gasteiger partial charge is 0.481 e. The van der Waals surface area contributed by atoms with Crippen molar-refractivity contribution < 1.29 is 23.9 Å². The van der Waals surface area contributed by atoms with E-state index in [-0.39, 0.29) is 12.8 Å². The average Bonchev–Trinajstić information content (AvgIpc) is 2.53. The number of halogens is 1. The molecule has 88 valence electrons. The average molecular weight is 229 g/mol. The number of aliphatic carboxylic acids is 1. The van der Waals surface area contributed by atoms with Crippen molar-refractivity contribution >= 4 is 17.8 Å². The smallest absolute Gasteiger partial charge is 0.303 e. The van der Waals surface area contributed by atoms with Gasteiger partial charge < -0.3 is 5.11 Å². The number of unbranched alkanes of at least 4 members (excludes halogenated alkanes) is 1. The third-order valence-electron chi connectivity index (χ3n) is 2.21. The quantitative estimate of drug-likeness (QED) is 0.416. The number of carbonyl (C=O) groups excluding carboxylic acids is 2.